The van der Waals surface area contributed by atoms with Gasteiger partial charge in [0.25, 0.3) is 0 Å². The number of aromatic nitrogens is 1. The summed E-state index contributed by atoms with van der Waals surface area (Å²) >= 11 is 0. The van der Waals surface area contributed by atoms with Gasteiger partial charge in [0, 0.05) is 12.1 Å². The minimum absolute atomic E-state index is 0.723. The van der Waals surface area contributed by atoms with Crippen LogP contribution in [0.3, 0.4) is 0 Å². The molecule has 0 bridgehead atoms. The molecule has 2 rings (SSSR count). The molecule has 0 aliphatic heterocycles. The van der Waals surface area contributed by atoms with E-state index in [4.69, 9.17) is 9.26 Å². The molecule has 0 atom stereocenters. The molecule has 17 heavy (non-hydrogen) atoms. The van der Waals surface area contributed by atoms with Crippen molar-refractivity contribution >= 4 is 0 Å². The summed E-state index contributed by atoms with van der Waals surface area (Å²) in [6.45, 7) is 2.42. The molecule has 0 radical (unpaired) electrons. The molecule has 0 saturated heterocycles. The van der Waals surface area contributed by atoms with Crippen molar-refractivity contribution in [2.24, 2.45) is 0 Å². The summed E-state index contributed by atoms with van der Waals surface area (Å²) in [6.07, 6.45) is 4.33. The van der Waals surface area contributed by atoms with Gasteiger partial charge in [0.05, 0.1) is 12.8 Å². The van der Waals surface area contributed by atoms with Crippen LogP contribution in [0.25, 0.3) is 0 Å². The van der Waals surface area contributed by atoms with Crippen LogP contribution < -0.4 is 10.1 Å². The number of hydrogen-bond donors (Lipinski definition) is 1. The Hall–Kier alpha value is -1.81. The summed E-state index contributed by atoms with van der Waals surface area (Å²) in [4.78, 5) is 0. The van der Waals surface area contributed by atoms with Crippen LogP contribution >= 0.6 is 0 Å². The van der Waals surface area contributed by atoms with Crippen molar-refractivity contribution in [1.29, 1.82) is 0 Å². The molecule has 1 heterocycles. The predicted octanol–water partition coefficient (Wildman–Crippen LogP) is 2.23. The van der Waals surface area contributed by atoms with E-state index in [2.05, 4.69) is 10.5 Å². The maximum Gasteiger partial charge on any atom is 0.128 e. The molecule has 0 spiro atoms. The Kier molecular flexibility index (Phi) is 4.60. The Morgan fingerprint density at radius 1 is 1.24 bits per heavy atom. The number of para-hydroxylation sites is 1. The predicted molar refractivity (Wildman–Crippen MR) is 64.8 cm³/mol. The molecule has 0 unspecified atom stereocenters. The Labute approximate surface area is 101 Å². The highest BCUT2D eigenvalue weighted by atomic mass is 16.5. The molecule has 0 aliphatic carbocycles. The van der Waals surface area contributed by atoms with E-state index < -0.39 is 0 Å². The van der Waals surface area contributed by atoms with E-state index in [9.17, 15) is 0 Å². The molecular weight excluding hydrogens is 216 g/mol. The molecule has 1 aromatic heterocycles. The molecule has 1 N–H and O–H groups in total. The lowest BCUT2D eigenvalue weighted by Gasteiger charge is -2.06. The average molecular weight is 232 g/mol. The number of nitrogens with zero attached hydrogens (tertiary/aromatic N) is 1. The van der Waals surface area contributed by atoms with Crippen molar-refractivity contribution in [1.82, 2.24) is 10.5 Å². The topological polar surface area (TPSA) is 47.3 Å². The minimum atomic E-state index is 0.723. The van der Waals surface area contributed by atoms with Gasteiger partial charge < -0.3 is 14.6 Å². The Balaban J connectivity index is 1.52. The van der Waals surface area contributed by atoms with Gasteiger partial charge in [-0.05, 0) is 25.1 Å². The maximum atomic E-state index is 5.57. The summed E-state index contributed by atoms with van der Waals surface area (Å²) in [5.74, 6) is 0.923. The second-order valence-corrected chi connectivity index (χ2v) is 3.72. The molecule has 4 heteroatoms. The summed E-state index contributed by atoms with van der Waals surface area (Å²) in [6, 6.07) is 9.85. The molecule has 90 valence electrons. The Morgan fingerprint density at radius 2 is 2.12 bits per heavy atom. The lowest BCUT2D eigenvalue weighted by atomic mass is 10.3. The normalized spacial score (nSPS) is 10.4. The molecule has 0 amide bonds. The van der Waals surface area contributed by atoms with Gasteiger partial charge >= 0.3 is 0 Å². The van der Waals surface area contributed by atoms with Gasteiger partial charge in [-0.1, -0.05) is 23.4 Å². The SMILES string of the molecule is c1ccc(OCCCNCc2cnoc2)cc1. The Bertz CT molecular complexity index is 401. The van der Waals surface area contributed by atoms with Crippen LogP contribution in [0.4, 0.5) is 0 Å². The molecule has 0 aliphatic rings. The number of rotatable bonds is 7. The molecular formula is C13H16N2O2. The highest BCUT2D eigenvalue weighted by Crippen LogP contribution is 2.08. The van der Waals surface area contributed by atoms with E-state index in [0.717, 1.165) is 37.4 Å². The lowest BCUT2D eigenvalue weighted by molar-refractivity contribution is 0.308. The number of hydrogen-bond acceptors (Lipinski definition) is 4. The second-order valence-electron chi connectivity index (χ2n) is 3.72. The van der Waals surface area contributed by atoms with Crippen LogP contribution in [0.15, 0.2) is 47.3 Å². The van der Waals surface area contributed by atoms with Gasteiger partial charge in [0.1, 0.15) is 12.0 Å². The fraction of sp³-hybridized carbons (Fsp3) is 0.308. The second kappa shape index (κ2) is 6.70. The van der Waals surface area contributed by atoms with E-state index in [1.165, 1.54) is 0 Å². The number of nitrogens with one attached hydrogen (secondary N) is 1. The standard InChI is InChI=1S/C13H16N2O2/c1-2-5-13(6-3-1)16-8-4-7-14-9-12-10-15-17-11-12/h1-3,5-6,10-11,14H,4,7-9H2. The first-order valence-electron chi connectivity index (χ1n) is 5.72. The fourth-order valence-electron chi connectivity index (χ4n) is 1.45. The van der Waals surface area contributed by atoms with Crippen LogP contribution in [0.2, 0.25) is 0 Å². The molecule has 1 aromatic carbocycles. The largest absolute Gasteiger partial charge is 0.494 e. The third-order valence-electron chi connectivity index (χ3n) is 2.32. The molecule has 0 saturated carbocycles. The van der Waals surface area contributed by atoms with E-state index in [0.29, 0.717) is 0 Å². The number of ether oxygens (including phenoxy) is 1. The zero-order valence-electron chi connectivity index (χ0n) is 9.63. The first-order valence-corrected chi connectivity index (χ1v) is 5.72. The van der Waals surface area contributed by atoms with Gasteiger partial charge in [-0.3, -0.25) is 0 Å². The van der Waals surface area contributed by atoms with E-state index >= 15 is 0 Å². The zero-order valence-corrected chi connectivity index (χ0v) is 9.63. The zero-order chi connectivity index (χ0) is 11.8. The average Bonchev–Trinajstić information content (AvgIpc) is 2.88. The monoisotopic (exact) mass is 232 g/mol. The fourth-order valence-corrected chi connectivity index (χ4v) is 1.45. The highest BCUT2D eigenvalue weighted by Gasteiger charge is 1.95. The summed E-state index contributed by atoms with van der Waals surface area (Å²) in [7, 11) is 0. The van der Waals surface area contributed by atoms with Crippen LogP contribution in [-0.2, 0) is 6.54 Å². The lowest BCUT2D eigenvalue weighted by Crippen LogP contribution is -2.16. The molecule has 0 fully saturated rings. The smallest absolute Gasteiger partial charge is 0.128 e. The highest BCUT2D eigenvalue weighted by molar-refractivity contribution is 5.20. The van der Waals surface area contributed by atoms with Crippen molar-refractivity contribution in [2.45, 2.75) is 13.0 Å². The van der Waals surface area contributed by atoms with Crippen LogP contribution in [0, 0.1) is 0 Å². The van der Waals surface area contributed by atoms with Gasteiger partial charge in [-0.15, -0.1) is 0 Å². The van der Waals surface area contributed by atoms with Gasteiger partial charge in [0.2, 0.25) is 0 Å². The van der Waals surface area contributed by atoms with Crippen molar-refractivity contribution in [2.75, 3.05) is 13.2 Å². The van der Waals surface area contributed by atoms with Gasteiger partial charge in [0.15, 0.2) is 0 Å². The van der Waals surface area contributed by atoms with Gasteiger partial charge in [-0.25, -0.2) is 0 Å². The van der Waals surface area contributed by atoms with Gasteiger partial charge in [-0.2, -0.15) is 0 Å². The van der Waals surface area contributed by atoms with Crippen molar-refractivity contribution in [3.05, 3.63) is 48.4 Å². The van der Waals surface area contributed by atoms with Crippen LogP contribution in [-0.4, -0.2) is 18.3 Å². The number of benzene rings is 1. The molecule has 4 nitrogen and oxygen atoms in total. The van der Waals surface area contributed by atoms with Crippen molar-refractivity contribution in [3.8, 4) is 5.75 Å². The third-order valence-corrected chi connectivity index (χ3v) is 2.32. The minimum Gasteiger partial charge on any atom is -0.494 e. The van der Waals surface area contributed by atoms with Crippen molar-refractivity contribution in [3.63, 3.8) is 0 Å². The first-order chi connectivity index (χ1) is 8.45. The quantitative estimate of drug-likeness (QED) is 0.744. The van der Waals surface area contributed by atoms with Crippen LogP contribution in [0.5, 0.6) is 5.75 Å². The van der Waals surface area contributed by atoms with E-state index in [1.807, 2.05) is 30.3 Å². The Morgan fingerprint density at radius 3 is 2.88 bits per heavy atom. The van der Waals surface area contributed by atoms with Crippen molar-refractivity contribution < 1.29 is 9.26 Å². The van der Waals surface area contributed by atoms with E-state index in [1.54, 1.807) is 12.5 Å². The van der Waals surface area contributed by atoms with E-state index in [-0.39, 0.29) is 0 Å². The summed E-state index contributed by atoms with van der Waals surface area (Å²) < 4.78 is 10.3. The first kappa shape index (κ1) is 11.7. The summed E-state index contributed by atoms with van der Waals surface area (Å²) in [5, 5.41) is 6.93. The molecule has 2 aromatic rings. The van der Waals surface area contributed by atoms with Crippen LogP contribution in [0.1, 0.15) is 12.0 Å². The summed E-state index contributed by atoms with van der Waals surface area (Å²) in [5.41, 5.74) is 1.06. The maximum absolute atomic E-state index is 5.57. The third kappa shape index (κ3) is 4.28.